The number of fused-ring (bicyclic) bond motifs is 1. The van der Waals surface area contributed by atoms with Crippen molar-refractivity contribution in [3.63, 3.8) is 0 Å². The quantitative estimate of drug-likeness (QED) is 0.591. The van der Waals surface area contributed by atoms with Crippen LogP contribution in [0.15, 0.2) is 66.9 Å². The lowest BCUT2D eigenvalue weighted by molar-refractivity contribution is -0.153. The Morgan fingerprint density at radius 3 is 2.48 bits per heavy atom. The Labute approximate surface area is 186 Å². The molecular weight excluding hydrogens is 412 g/mol. The van der Waals surface area contributed by atoms with Gasteiger partial charge in [-0.2, -0.15) is 0 Å². The number of carbonyl (C=O) groups excluding carboxylic acids is 2. The minimum Gasteiger partial charge on any atom is -0.464 e. The van der Waals surface area contributed by atoms with Crippen LogP contribution in [0.25, 0.3) is 11.1 Å². The van der Waals surface area contributed by atoms with Crippen molar-refractivity contribution in [2.45, 2.75) is 31.7 Å². The number of hydrogen-bond acceptors (Lipinski definition) is 4. The summed E-state index contributed by atoms with van der Waals surface area (Å²) in [7, 11) is 0. The molecule has 1 aromatic heterocycles. The maximum Gasteiger partial charge on any atom is 0.332 e. The number of carbonyl (C=O) groups is 2. The van der Waals surface area contributed by atoms with Gasteiger partial charge in [-0.3, -0.25) is 9.78 Å². The van der Waals surface area contributed by atoms with Crippen LogP contribution in [0.5, 0.6) is 0 Å². The fraction of sp³-hybridized carbons (Fsp3) is 0.240. The Hall–Kier alpha value is -3.18. The van der Waals surface area contributed by atoms with Crippen molar-refractivity contribution in [1.29, 1.82) is 0 Å². The Morgan fingerprint density at radius 1 is 1.03 bits per heavy atom. The SMILES string of the molecule is CCOC(=O)C1(NC(=O)Cc2ccccn2)Cc2ccc(-c3ccc(Cl)cc3)cc2C1. The van der Waals surface area contributed by atoms with Gasteiger partial charge in [0.1, 0.15) is 5.54 Å². The van der Waals surface area contributed by atoms with Gasteiger partial charge in [0, 0.05) is 29.8 Å². The van der Waals surface area contributed by atoms with Crippen LogP contribution in [0.1, 0.15) is 23.7 Å². The van der Waals surface area contributed by atoms with Gasteiger partial charge in [-0.05, 0) is 53.4 Å². The Bertz CT molecular complexity index is 1100. The van der Waals surface area contributed by atoms with Crippen molar-refractivity contribution in [2.24, 2.45) is 0 Å². The summed E-state index contributed by atoms with van der Waals surface area (Å²) in [4.78, 5) is 29.9. The minimum atomic E-state index is -1.11. The second kappa shape index (κ2) is 8.90. The normalized spacial score (nSPS) is 17.1. The summed E-state index contributed by atoms with van der Waals surface area (Å²) in [6, 6.07) is 19.2. The zero-order valence-corrected chi connectivity index (χ0v) is 18.0. The minimum absolute atomic E-state index is 0.106. The largest absolute Gasteiger partial charge is 0.464 e. The Balaban J connectivity index is 1.59. The van der Waals surface area contributed by atoms with Crippen molar-refractivity contribution >= 4 is 23.5 Å². The zero-order chi connectivity index (χ0) is 21.8. The molecular formula is C25H23ClN2O3. The van der Waals surface area contributed by atoms with E-state index in [2.05, 4.69) is 16.4 Å². The lowest BCUT2D eigenvalue weighted by Crippen LogP contribution is -2.56. The van der Waals surface area contributed by atoms with Gasteiger partial charge < -0.3 is 10.1 Å². The number of halogens is 1. The predicted molar refractivity (Wildman–Crippen MR) is 120 cm³/mol. The van der Waals surface area contributed by atoms with Gasteiger partial charge in [-0.1, -0.05) is 48.0 Å². The Kier molecular flexibility index (Phi) is 6.05. The van der Waals surface area contributed by atoms with Gasteiger partial charge >= 0.3 is 5.97 Å². The number of rotatable bonds is 6. The van der Waals surface area contributed by atoms with Crippen LogP contribution in [0.4, 0.5) is 0 Å². The number of benzene rings is 2. The molecule has 0 saturated carbocycles. The number of ether oxygens (including phenoxy) is 1. The summed E-state index contributed by atoms with van der Waals surface area (Å²) >= 11 is 6.01. The fourth-order valence-electron chi connectivity index (χ4n) is 4.03. The summed E-state index contributed by atoms with van der Waals surface area (Å²) in [5.41, 5.74) is 3.68. The summed E-state index contributed by atoms with van der Waals surface area (Å²) < 4.78 is 5.36. The van der Waals surface area contributed by atoms with Gasteiger partial charge in [-0.15, -0.1) is 0 Å². The molecule has 0 bridgehead atoms. The maximum absolute atomic E-state index is 12.9. The van der Waals surface area contributed by atoms with Gasteiger partial charge in [0.15, 0.2) is 0 Å². The first-order chi connectivity index (χ1) is 15.0. The molecule has 1 aliphatic rings. The van der Waals surface area contributed by atoms with Crippen molar-refractivity contribution in [1.82, 2.24) is 10.3 Å². The van der Waals surface area contributed by atoms with Crippen molar-refractivity contribution < 1.29 is 14.3 Å². The van der Waals surface area contributed by atoms with Crippen LogP contribution in [-0.2, 0) is 33.6 Å². The second-order valence-electron chi connectivity index (χ2n) is 7.69. The average molecular weight is 435 g/mol. The first-order valence-corrected chi connectivity index (χ1v) is 10.6. The third-order valence-electron chi connectivity index (χ3n) is 5.48. The number of amides is 1. The van der Waals surface area contributed by atoms with Crippen LogP contribution in [0.2, 0.25) is 5.02 Å². The van der Waals surface area contributed by atoms with E-state index in [-0.39, 0.29) is 18.9 Å². The van der Waals surface area contributed by atoms with Crippen LogP contribution in [-0.4, -0.2) is 29.0 Å². The van der Waals surface area contributed by atoms with Crippen LogP contribution < -0.4 is 5.32 Å². The van der Waals surface area contributed by atoms with Crippen molar-refractivity contribution in [3.05, 3.63) is 88.7 Å². The highest BCUT2D eigenvalue weighted by molar-refractivity contribution is 6.30. The number of aromatic nitrogens is 1. The van der Waals surface area contributed by atoms with Crippen molar-refractivity contribution in [2.75, 3.05) is 6.61 Å². The third kappa shape index (κ3) is 4.62. The first kappa shape index (κ1) is 21.1. The zero-order valence-electron chi connectivity index (χ0n) is 17.2. The molecule has 1 N–H and O–H groups in total. The molecule has 158 valence electrons. The number of nitrogens with zero attached hydrogens (tertiary/aromatic N) is 1. The van der Waals surface area contributed by atoms with E-state index in [0.717, 1.165) is 22.3 Å². The molecule has 5 nitrogen and oxygen atoms in total. The van der Waals surface area contributed by atoms with Crippen LogP contribution in [0.3, 0.4) is 0 Å². The topological polar surface area (TPSA) is 68.3 Å². The molecule has 1 atom stereocenters. The molecule has 2 aromatic carbocycles. The molecule has 1 heterocycles. The van der Waals surface area contributed by atoms with E-state index in [9.17, 15) is 9.59 Å². The molecule has 6 heteroatoms. The van der Waals surface area contributed by atoms with E-state index in [0.29, 0.717) is 23.6 Å². The van der Waals surface area contributed by atoms with E-state index in [1.165, 1.54) is 0 Å². The predicted octanol–water partition coefficient (Wildman–Crippen LogP) is 4.16. The van der Waals surface area contributed by atoms with E-state index < -0.39 is 11.5 Å². The molecule has 4 rings (SSSR count). The summed E-state index contributed by atoms with van der Waals surface area (Å²) in [5.74, 6) is -0.661. The smallest absolute Gasteiger partial charge is 0.332 e. The first-order valence-electron chi connectivity index (χ1n) is 10.2. The van der Waals surface area contributed by atoms with Crippen molar-refractivity contribution in [3.8, 4) is 11.1 Å². The third-order valence-corrected chi connectivity index (χ3v) is 5.73. The molecule has 0 fully saturated rings. The number of pyridine rings is 1. The standard InChI is InChI=1S/C25H23ClN2O3/c1-2-31-24(30)25(28-23(29)14-22-5-3-4-12-27-22)15-19-7-6-18(13-20(19)16-25)17-8-10-21(26)11-9-17/h3-13H,2,14-16H2,1H3,(H,28,29). The number of esters is 1. The molecule has 1 amide bonds. The highest BCUT2D eigenvalue weighted by Crippen LogP contribution is 2.34. The van der Waals surface area contributed by atoms with Crippen LogP contribution in [0, 0.1) is 0 Å². The van der Waals surface area contributed by atoms with Gasteiger partial charge in [0.05, 0.1) is 13.0 Å². The fourth-order valence-corrected chi connectivity index (χ4v) is 4.15. The molecule has 3 aromatic rings. The van der Waals surface area contributed by atoms with E-state index in [1.807, 2.05) is 42.5 Å². The van der Waals surface area contributed by atoms with Crippen LogP contribution >= 0.6 is 11.6 Å². The lowest BCUT2D eigenvalue weighted by atomic mass is 9.95. The summed E-state index contributed by atoms with van der Waals surface area (Å²) in [6.07, 6.45) is 2.54. The highest BCUT2D eigenvalue weighted by Gasteiger charge is 2.46. The van der Waals surface area contributed by atoms with Gasteiger partial charge in [0.25, 0.3) is 0 Å². The highest BCUT2D eigenvalue weighted by atomic mass is 35.5. The summed E-state index contributed by atoms with van der Waals surface area (Å²) in [6.45, 7) is 2.02. The lowest BCUT2D eigenvalue weighted by Gasteiger charge is -2.28. The molecule has 0 saturated heterocycles. The average Bonchev–Trinajstić information content (AvgIpc) is 3.13. The summed E-state index contributed by atoms with van der Waals surface area (Å²) in [5, 5.41) is 3.65. The molecule has 31 heavy (non-hydrogen) atoms. The van der Waals surface area contributed by atoms with E-state index in [1.54, 1.807) is 25.3 Å². The molecule has 0 aliphatic heterocycles. The number of nitrogens with one attached hydrogen (secondary N) is 1. The second-order valence-corrected chi connectivity index (χ2v) is 8.13. The van der Waals surface area contributed by atoms with E-state index in [4.69, 9.17) is 16.3 Å². The molecule has 0 spiro atoms. The molecule has 1 aliphatic carbocycles. The monoisotopic (exact) mass is 434 g/mol. The molecule has 0 radical (unpaired) electrons. The van der Waals surface area contributed by atoms with E-state index >= 15 is 0 Å². The Morgan fingerprint density at radius 2 is 1.77 bits per heavy atom. The molecule has 1 unspecified atom stereocenters. The maximum atomic E-state index is 12.9. The van der Waals surface area contributed by atoms with Gasteiger partial charge in [-0.25, -0.2) is 4.79 Å². The number of hydrogen-bond donors (Lipinski definition) is 1. The van der Waals surface area contributed by atoms with Gasteiger partial charge in [0.2, 0.25) is 5.91 Å².